The van der Waals surface area contributed by atoms with Gasteiger partial charge in [-0.3, -0.25) is 4.79 Å². The van der Waals surface area contributed by atoms with E-state index in [4.69, 9.17) is 4.74 Å². The maximum atomic E-state index is 11.7. The van der Waals surface area contributed by atoms with Gasteiger partial charge in [0, 0.05) is 18.8 Å². The van der Waals surface area contributed by atoms with Crippen molar-refractivity contribution in [2.45, 2.75) is 26.4 Å². The fourth-order valence-corrected chi connectivity index (χ4v) is 1.58. The molecule has 1 aromatic rings. The molecule has 0 spiro atoms. The summed E-state index contributed by atoms with van der Waals surface area (Å²) in [6.45, 7) is 4.31. The average Bonchev–Trinajstić information content (AvgIpc) is 2.35. The number of nitrogens with one attached hydrogen (secondary N) is 1. The number of ether oxygens (including phenoxy) is 1. The number of hydrogen-bond donors (Lipinski definition) is 2. The van der Waals surface area contributed by atoms with Crippen LogP contribution in [0.3, 0.4) is 0 Å². The van der Waals surface area contributed by atoms with Gasteiger partial charge in [-0.05, 0) is 18.4 Å². The highest BCUT2D eigenvalue weighted by atomic mass is 16.5. The van der Waals surface area contributed by atoms with Gasteiger partial charge < -0.3 is 15.2 Å². The third kappa shape index (κ3) is 4.71. The van der Waals surface area contributed by atoms with E-state index >= 15 is 0 Å². The van der Waals surface area contributed by atoms with E-state index < -0.39 is 6.10 Å². The minimum Gasteiger partial charge on any atom is -0.481 e. The fourth-order valence-electron chi connectivity index (χ4n) is 1.58. The van der Waals surface area contributed by atoms with Gasteiger partial charge in [0.25, 0.3) is 5.91 Å². The Kier molecular flexibility index (Phi) is 5.58. The highest BCUT2D eigenvalue weighted by Gasteiger charge is 2.10. The van der Waals surface area contributed by atoms with Crippen molar-refractivity contribution in [3.05, 3.63) is 23.9 Å². The number of pyridine rings is 1. The van der Waals surface area contributed by atoms with E-state index in [0.717, 1.165) is 0 Å². The van der Waals surface area contributed by atoms with Gasteiger partial charge >= 0.3 is 0 Å². The van der Waals surface area contributed by atoms with Crippen LogP contribution in [0, 0.1) is 5.92 Å². The van der Waals surface area contributed by atoms with E-state index in [2.05, 4.69) is 10.3 Å². The first-order valence-corrected chi connectivity index (χ1v) is 5.99. The number of carbonyl (C=O) groups excluding carboxylic acids is 1. The van der Waals surface area contributed by atoms with Crippen molar-refractivity contribution in [3.8, 4) is 5.88 Å². The topological polar surface area (TPSA) is 71.5 Å². The Morgan fingerprint density at radius 1 is 1.50 bits per heavy atom. The number of nitrogens with zero attached hydrogens (tertiary/aromatic N) is 1. The van der Waals surface area contributed by atoms with Gasteiger partial charge in [0.2, 0.25) is 5.88 Å². The van der Waals surface area contributed by atoms with Crippen LogP contribution in [0.25, 0.3) is 0 Å². The molecule has 1 unspecified atom stereocenters. The van der Waals surface area contributed by atoms with Crippen LogP contribution < -0.4 is 10.1 Å². The maximum Gasteiger partial charge on any atom is 0.252 e. The molecule has 1 aromatic heterocycles. The van der Waals surface area contributed by atoms with Crippen LogP contribution in [0.1, 0.15) is 30.6 Å². The largest absolute Gasteiger partial charge is 0.481 e. The molecule has 5 nitrogen and oxygen atoms in total. The summed E-state index contributed by atoms with van der Waals surface area (Å²) < 4.78 is 4.91. The van der Waals surface area contributed by atoms with E-state index in [1.54, 1.807) is 12.1 Å². The molecule has 18 heavy (non-hydrogen) atoms. The first-order valence-electron chi connectivity index (χ1n) is 5.99. The summed E-state index contributed by atoms with van der Waals surface area (Å²) in [5.74, 6) is 0.624. The lowest BCUT2D eigenvalue weighted by atomic mass is 10.1. The van der Waals surface area contributed by atoms with Crippen LogP contribution in [-0.4, -0.2) is 35.8 Å². The van der Waals surface area contributed by atoms with Gasteiger partial charge in [-0.1, -0.05) is 13.8 Å². The Bertz CT molecular complexity index is 376. The lowest BCUT2D eigenvalue weighted by molar-refractivity contribution is 0.0900. The van der Waals surface area contributed by atoms with Crippen LogP contribution >= 0.6 is 0 Å². The van der Waals surface area contributed by atoms with E-state index in [-0.39, 0.29) is 12.5 Å². The Balaban J connectivity index is 2.44. The zero-order chi connectivity index (χ0) is 13.5. The summed E-state index contributed by atoms with van der Waals surface area (Å²) in [5, 5.41) is 12.3. The molecule has 1 amide bonds. The van der Waals surface area contributed by atoms with Gasteiger partial charge in [0.05, 0.1) is 18.8 Å². The van der Waals surface area contributed by atoms with Crippen molar-refractivity contribution < 1.29 is 14.6 Å². The molecule has 0 aliphatic carbocycles. The first-order chi connectivity index (χ1) is 8.52. The molecule has 0 saturated heterocycles. The van der Waals surface area contributed by atoms with Crippen molar-refractivity contribution in [1.29, 1.82) is 0 Å². The molecule has 5 heteroatoms. The minimum atomic E-state index is -0.514. The van der Waals surface area contributed by atoms with E-state index in [1.807, 2.05) is 13.8 Å². The molecule has 0 aliphatic heterocycles. The predicted octanol–water partition coefficient (Wildman–Crippen LogP) is 1.23. The quantitative estimate of drug-likeness (QED) is 0.798. The predicted molar refractivity (Wildman–Crippen MR) is 68.6 cm³/mol. The molecule has 0 bridgehead atoms. The summed E-state index contributed by atoms with van der Waals surface area (Å²) in [5.41, 5.74) is 0.451. The number of methoxy groups -OCH3 is 1. The molecule has 1 heterocycles. The van der Waals surface area contributed by atoms with Crippen LogP contribution in [0.2, 0.25) is 0 Å². The standard InChI is InChI=1S/C13H20N2O3/c1-9(2)6-11(16)8-15-13(17)10-4-5-12(18-3)14-7-10/h4-5,7,9,11,16H,6,8H2,1-3H3,(H,15,17). The van der Waals surface area contributed by atoms with Crippen LogP contribution in [-0.2, 0) is 0 Å². The number of carbonyl (C=O) groups is 1. The van der Waals surface area contributed by atoms with Gasteiger partial charge in [-0.2, -0.15) is 0 Å². The molecule has 1 rings (SSSR count). The van der Waals surface area contributed by atoms with Crippen molar-refractivity contribution in [2.75, 3.05) is 13.7 Å². The Hall–Kier alpha value is -1.62. The summed E-state index contributed by atoms with van der Waals surface area (Å²) in [6, 6.07) is 3.26. The van der Waals surface area contributed by atoms with Crippen molar-refractivity contribution >= 4 is 5.91 Å². The molecule has 0 saturated carbocycles. The molecular formula is C13H20N2O3. The summed E-state index contributed by atoms with van der Waals surface area (Å²) in [4.78, 5) is 15.7. The number of rotatable bonds is 6. The van der Waals surface area contributed by atoms with Gasteiger partial charge in [-0.15, -0.1) is 0 Å². The summed E-state index contributed by atoms with van der Waals surface area (Å²) in [6.07, 6.45) is 1.60. The van der Waals surface area contributed by atoms with E-state index in [0.29, 0.717) is 23.8 Å². The maximum absolute atomic E-state index is 11.7. The van der Waals surface area contributed by atoms with Crippen molar-refractivity contribution in [1.82, 2.24) is 10.3 Å². The number of hydrogen-bond acceptors (Lipinski definition) is 4. The highest BCUT2D eigenvalue weighted by Crippen LogP contribution is 2.07. The van der Waals surface area contributed by atoms with Crippen molar-refractivity contribution in [2.24, 2.45) is 5.92 Å². The van der Waals surface area contributed by atoms with Gasteiger partial charge in [0.15, 0.2) is 0 Å². The second-order valence-corrected chi connectivity index (χ2v) is 4.58. The molecule has 0 aliphatic rings. The van der Waals surface area contributed by atoms with Crippen LogP contribution in [0.15, 0.2) is 18.3 Å². The second kappa shape index (κ2) is 6.96. The van der Waals surface area contributed by atoms with Crippen LogP contribution in [0.4, 0.5) is 0 Å². The third-order valence-corrected chi connectivity index (χ3v) is 2.45. The fraction of sp³-hybridized carbons (Fsp3) is 0.538. The van der Waals surface area contributed by atoms with Crippen LogP contribution in [0.5, 0.6) is 5.88 Å². The highest BCUT2D eigenvalue weighted by molar-refractivity contribution is 5.93. The zero-order valence-corrected chi connectivity index (χ0v) is 11.0. The molecule has 1 atom stereocenters. The number of aliphatic hydroxyl groups is 1. The van der Waals surface area contributed by atoms with E-state index in [1.165, 1.54) is 13.3 Å². The van der Waals surface area contributed by atoms with Crippen molar-refractivity contribution in [3.63, 3.8) is 0 Å². The zero-order valence-electron chi connectivity index (χ0n) is 11.0. The number of aliphatic hydroxyl groups excluding tert-OH is 1. The summed E-state index contributed by atoms with van der Waals surface area (Å²) in [7, 11) is 1.52. The molecule has 100 valence electrons. The lowest BCUT2D eigenvalue weighted by Crippen LogP contribution is -2.32. The second-order valence-electron chi connectivity index (χ2n) is 4.58. The lowest BCUT2D eigenvalue weighted by Gasteiger charge is -2.13. The Morgan fingerprint density at radius 2 is 2.22 bits per heavy atom. The van der Waals surface area contributed by atoms with Gasteiger partial charge in [0.1, 0.15) is 0 Å². The number of aromatic nitrogens is 1. The molecule has 0 fully saturated rings. The first kappa shape index (κ1) is 14.4. The average molecular weight is 252 g/mol. The molecule has 0 radical (unpaired) electrons. The van der Waals surface area contributed by atoms with Gasteiger partial charge in [-0.25, -0.2) is 4.98 Å². The Morgan fingerprint density at radius 3 is 2.72 bits per heavy atom. The third-order valence-electron chi connectivity index (χ3n) is 2.45. The van der Waals surface area contributed by atoms with E-state index in [9.17, 15) is 9.90 Å². The smallest absolute Gasteiger partial charge is 0.252 e. The normalized spacial score (nSPS) is 12.3. The Labute approximate surface area is 107 Å². The SMILES string of the molecule is COc1ccc(C(=O)NCC(O)CC(C)C)cn1. The molecule has 2 N–H and O–H groups in total. The monoisotopic (exact) mass is 252 g/mol. The molecule has 0 aromatic carbocycles. The minimum absolute atomic E-state index is 0.243. The summed E-state index contributed by atoms with van der Waals surface area (Å²) >= 11 is 0. The molecular weight excluding hydrogens is 232 g/mol. The number of amides is 1.